The Morgan fingerprint density at radius 3 is 2.21 bits per heavy atom. The number of pyridine rings is 1. The highest BCUT2D eigenvalue weighted by atomic mass is 19.4. The Hall–Kier alpha value is -3.88. The second kappa shape index (κ2) is 8.57. The molecule has 0 radical (unpaired) electrons. The van der Waals surface area contributed by atoms with Gasteiger partial charge in [0.05, 0.1) is 32.4 Å². The van der Waals surface area contributed by atoms with Gasteiger partial charge in [0.15, 0.2) is 11.5 Å². The summed E-state index contributed by atoms with van der Waals surface area (Å²) in [7, 11) is 6.40. The zero-order valence-corrected chi connectivity index (χ0v) is 18.4. The molecule has 2 heterocycles. The highest BCUT2D eigenvalue weighted by Gasteiger charge is 2.30. The average Bonchev–Trinajstić information content (AvgIpc) is 3.13. The van der Waals surface area contributed by atoms with E-state index in [1.165, 1.54) is 27.4 Å². The SMILES string of the molecule is COc1cc(Nc2cc3c(cn2)cc(-c2cccc(C(F)(F)F)c2)n3C)cc(OC)c1OC. The Bertz CT molecular complexity index is 1290. The van der Waals surface area contributed by atoms with Crippen molar-refractivity contribution in [1.29, 1.82) is 0 Å². The van der Waals surface area contributed by atoms with Crippen LogP contribution >= 0.6 is 0 Å². The third-order valence-electron chi connectivity index (χ3n) is 5.35. The summed E-state index contributed by atoms with van der Waals surface area (Å²) in [6, 6.07) is 12.4. The number of alkyl halides is 3. The second-order valence-corrected chi connectivity index (χ2v) is 7.33. The fraction of sp³-hybridized carbons (Fsp3) is 0.208. The summed E-state index contributed by atoms with van der Waals surface area (Å²) in [4.78, 5) is 4.44. The molecule has 1 N–H and O–H groups in total. The van der Waals surface area contributed by atoms with E-state index < -0.39 is 11.7 Å². The van der Waals surface area contributed by atoms with Crippen LogP contribution in [0.4, 0.5) is 24.7 Å². The van der Waals surface area contributed by atoms with Crippen LogP contribution in [0.1, 0.15) is 5.56 Å². The molecule has 2 aromatic carbocycles. The molecule has 0 spiro atoms. The van der Waals surface area contributed by atoms with E-state index in [1.807, 2.05) is 16.7 Å². The molecule has 0 atom stereocenters. The van der Waals surface area contributed by atoms with E-state index in [9.17, 15) is 13.2 Å². The smallest absolute Gasteiger partial charge is 0.416 e. The largest absolute Gasteiger partial charge is 0.493 e. The van der Waals surface area contributed by atoms with Gasteiger partial charge in [-0.05, 0) is 23.8 Å². The van der Waals surface area contributed by atoms with Crippen LogP contribution in [0, 0.1) is 0 Å². The van der Waals surface area contributed by atoms with Crippen molar-refractivity contribution in [2.45, 2.75) is 6.18 Å². The van der Waals surface area contributed by atoms with Gasteiger partial charge in [0, 0.05) is 48.2 Å². The lowest BCUT2D eigenvalue weighted by atomic mass is 10.1. The molecule has 0 aliphatic heterocycles. The van der Waals surface area contributed by atoms with Crippen molar-refractivity contribution >= 4 is 22.4 Å². The summed E-state index contributed by atoms with van der Waals surface area (Å²) < 4.78 is 57.4. The number of fused-ring (bicyclic) bond motifs is 1. The zero-order chi connectivity index (χ0) is 23.8. The molecule has 0 fully saturated rings. The number of nitrogens with zero attached hydrogens (tertiary/aromatic N) is 2. The summed E-state index contributed by atoms with van der Waals surface area (Å²) in [5, 5.41) is 4.02. The number of benzene rings is 2. The number of hydrogen-bond donors (Lipinski definition) is 1. The molecule has 0 saturated heterocycles. The maximum absolute atomic E-state index is 13.2. The molecule has 33 heavy (non-hydrogen) atoms. The number of aryl methyl sites for hydroxylation is 1. The number of nitrogens with one attached hydrogen (secondary N) is 1. The van der Waals surface area contributed by atoms with Crippen LogP contribution in [0.2, 0.25) is 0 Å². The first kappa shape index (κ1) is 22.3. The van der Waals surface area contributed by atoms with Crippen molar-refractivity contribution < 1.29 is 27.4 Å². The number of ether oxygens (including phenoxy) is 3. The Labute approximate surface area is 188 Å². The number of halogens is 3. The van der Waals surface area contributed by atoms with Crippen LogP contribution in [-0.2, 0) is 13.2 Å². The molecule has 0 amide bonds. The summed E-state index contributed by atoms with van der Waals surface area (Å²) >= 11 is 0. The number of anilines is 2. The van der Waals surface area contributed by atoms with Crippen molar-refractivity contribution in [3.63, 3.8) is 0 Å². The molecule has 0 saturated carbocycles. The first-order chi connectivity index (χ1) is 15.7. The molecule has 0 aliphatic carbocycles. The van der Waals surface area contributed by atoms with Gasteiger partial charge in [-0.3, -0.25) is 0 Å². The second-order valence-electron chi connectivity index (χ2n) is 7.33. The van der Waals surface area contributed by atoms with Gasteiger partial charge in [-0.1, -0.05) is 12.1 Å². The maximum Gasteiger partial charge on any atom is 0.416 e. The lowest BCUT2D eigenvalue weighted by molar-refractivity contribution is -0.137. The van der Waals surface area contributed by atoms with E-state index in [2.05, 4.69) is 10.3 Å². The molecule has 4 aromatic rings. The quantitative estimate of drug-likeness (QED) is 0.383. The molecule has 0 bridgehead atoms. The van der Waals surface area contributed by atoms with Crippen molar-refractivity contribution in [3.8, 4) is 28.5 Å². The normalized spacial score (nSPS) is 11.5. The number of rotatable bonds is 6. The van der Waals surface area contributed by atoms with Gasteiger partial charge in [0.25, 0.3) is 0 Å². The summed E-state index contributed by atoms with van der Waals surface area (Å²) in [6.07, 6.45) is -2.73. The van der Waals surface area contributed by atoms with Crippen LogP contribution in [0.25, 0.3) is 22.2 Å². The van der Waals surface area contributed by atoms with Crippen LogP contribution in [0.15, 0.2) is 54.7 Å². The van der Waals surface area contributed by atoms with Gasteiger partial charge in [-0.2, -0.15) is 13.2 Å². The molecule has 2 aromatic heterocycles. The van der Waals surface area contributed by atoms with Crippen molar-refractivity contribution in [1.82, 2.24) is 9.55 Å². The molecule has 0 aliphatic rings. The lowest BCUT2D eigenvalue weighted by Gasteiger charge is -2.15. The van der Waals surface area contributed by atoms with Crippen LogP contribution < -0.4 is 19.5 Å². The monoisotopic (exact) mass is 457 g/mol. The van der Waals surface area contributed by atoms with Crippen LogP contribution in [0.3, 0.4) is 0 Å². The summed E-state index contributed by atoms with van der Waals surface area (Å²) in [5.41, 5.74) is 1.93. The topological polar surface area (TPSA) is 57.5 Å². The van der Waals surface area contributed by atoms with Gasteiger partial charge in [-0.15, -0.1) is 0 Å². The lowest BCUT2D eigenvalue weighted by Crippen LogP contribution is -2.04. The first-order valence-electron chi connectivity index (χ1n) is 9.95. The number of methoxy groups -OCH3 is 3. The van der Waals surface area contributed by atoms with Crippen molar-refractivity contribution in [3.05, 3.63) is 60.3 Å². The molecular formula is C24H22F3N3O3. The zero-order valence-electron chi connectivity index (χ0n) is 18.4. The van der Waals surface area contributed by atoms with Crippen LogP contribution in [0.5, 0.6) is 17.2 Å². The predicted octanol–water partition coefficient (Wildman–Crippen LogP) is 6.03. The van der Waals surface area contributed by atoms with Gasteiger partial charge >= 0.3 is 6.18 Å². The third-order valence-corrected chi connectivity index (χ3v) is 5.35. The number of hydrogen-bond acceptors (Lipinski definition) is 5. The predicted molar refractivity (Wildman–Crippen MR) is 121 cm³/mol. The standard InChI is InChI=1S/C24H22F3N3O3/c1-30-18(14-6-5-7-16(8-14)24(25,26)27)9-15-13-28-22(12-19(15)30)29-17-10-20(31-2)23(33-4)21(11-17)32-3/h5-13H,1-4H3,(H,28,29). The molecule has 0 unspecified atom stereocenters. The van der Waals surface area contributed by atoms with E-state index in [0.29, 0.717) is 40.0 Å². The Morgan fingerprint density at radius 2 is 1.61 bits per heavy atom. The molecule has 9 heteroatoms. The first-order valence-corrected chi connectivity index (χ1v) is 9.95. The Balaban J connectivity index is 1.71. The Kier molecular flexibility index (Phi) is 5.80. The van der Waals surface area contributed by atoms with E-state index in [1.54, 1.807) is 31.4 Å². The van der Waals surface area contributed by atoms with Gasteiger partial charge < -0.3 is 24.1 Å². The minimum atomic E-state index is -4.40. The highest BCUT2D eigenvalue weighted by molar-refractivity contribution is 5.88. The minimum absolute atomic E-state index is 0.474. The summed E-state index contributed by atoms with van der Waals surface area (Å²) in [5.74, 6) is 2.01. The number of aromatic nitrogens is 2. The highest BCUT2D eigenvalue weighted by Crippen LogP contribution is 2.41. The maximum atomic E-state index is 13.2. The van der Waals surface area contributed by atoms with E-state index in [4.69, 9.17) is 14.2 Å². The van der Waals surface area contributed by atoms with Gasteiger partial charge in [0.2, 0.25) is 5.75 Å². The molecular weight excluding hydrogens is 435 g/mol. The van der Waals surface area contributed by atoms with Crippen LogP contribution in [-0.4, -0.2) is 30.9 Å². The van der Waals surface area contributed by atoms with Crippen molar-refractivity contribution in [2.75, 3.05) is 26.6 Å². The van der Waals surface area contributed by atoms with E-state index in [0.717, 1.165) is 23.0 Å². The molecule has 172 valence electrons. The molecule has 4 rings (SSSR count). The van der Waals surface area contributed by atoms with E-state index in [-0.39, 0.29) is 0 Å². The van der Waals surface area contributed by atoms with Gasteiger partial charge in [0.1, 0.15) is 5.82 Å². The average molecular weight is 457 g/mol. The van der Waals surface area contributed by atoms with E-state index >= 15 is 0 Å². The third kappa shape index (κ3) is 4.26. The van der Waals surface area contributed by atoms with Crippen molar-refractivity contribution in [2.24, 2.45) is 7.05 Å². The fourth-order valence-electron chi connectivity index (χ4n) is 3.73. The Morgan fingerprint density at radius 1 is 0.909 bits per heavy atom. The fourth-order valence-corrected chi connectivity index (χ4v) is 3.73. The van der Waals surface area contributed by atoms with Gasteiger partial charge in [-0.25, -0.2) is 4.98 Å². The molecule has 6 nitrogen and oxygen atoms in total. The minimum Gasteiger partial charge on any atom is -0.493 e. The summed E-state index contributed by atoms with van der Waals surface area (Å²) in [6.45, 7) is 0.